The van der Waals surface area contributed by atoms with E-state index < -0.39 is 18.4 Å². The van der Waals surface area contributed by atoms with Gasteiger partial charge in [-0.05, 0) is 67.8 Å². The predicted molar refractivity (Wildman–Crippen MR) is 203 cm³/mol. The van der Waals surface area contributed by atoms with Gasteiger partial charge < -0.3 is 9.80 Å². The number of anilines is 2. The van der Waals surface area contributed by atoms with Crippen molar-refractivity contribution in [1.29, 1.82) is 0 Å². The van der Waals surface area contributed by atoms with Gasteiger partial charge in [0.05, 0.1) is 0 Å². The third-order valence-electron chi connectivity index (χ3n) is 8.46. The maximum Gasteiger partial charge on any atom is 0.223 e. The molecule has 0 atom stereocenters. The van der Waals surface area contributed by atoms with Crippen LogP contribution in [-0.2, 0) is 9.59 Å². The van der Waals surface area contributed by atoms with E-state index in [0.29, 0.717) is 0 Å². The summed E-state index contributed by atoms with van der Waals surface area (Å²) in [5.41, 5.74) is 6.32. The van der Waals surface area contributed by atoms with Crippen molar-refractivity contribution in [2.45, 2.75) is 114 Å². The molecular formula is C38H61BrN2O2Sn. The number of aryl methyl sites for hydroxylation is 2. The molecule has 246 valence electrons. The fraction of sp³-hybridized carbons (Fsp3) is 0.526. The number of amides is 2. The van der Waals surface area contributed by atoms with Gasteiger partial charge in [-0.3, -0.25) is 9.59 Å². The zero-order chi connectivity index (χ0) is 34.0. The van der Waals surface area contributed by atoms with Gasteiger partial charge in [0.1, 0.15) is 0 Å². The molecule has 2 amide bonds. The number of hydrogen-bond acceptors (Lipinski definition) is 2. The smallest absolute Gasteiger partial charge is 0.223 e. The molecule has 0 bridgehead atoms. The average Bonchev–Trinajstić information content (AvgIpc) is 2.97. The Morgan fingerprint density at radius 3 is 1.39 bits per heavy atom. The topological polar surface area (TPSA) is 40.6 Å². The maximum atomic E-state index is 11.2. The van der Waals surface area contributed by atoms with Crippen molar-refractivity contribution in [1.82, 2.24) is 0 Å². The van der Waals surface area contributed by atoms with E-state index in [4.69, 9.17) is 0 Å². The van der Waals surface area contributed by atoms with E-state index in [1.807, 2.05) is 57.2 Å². The molecule has 0 aromatic heterocycles. The maximum absolute atomic E-state index is 11.2. The van der Waals surface area contributed by atoms with E-state index in [-0.39, 0.29) is 11.8 Å². The minimum Gasteiger partial charge on any atom is -0.316 e. The predicted octanol–water partition coefficient (Wildman–Crippen LogP) is 11.7. The number of rotatable bonds is 13. The zero-order valence-electron chi connectivity index (χ0n) is 29.8. The molecular weight excluding hydrogens is 715 g/mol. The van der Waals surface area contributed by atoms with Gasteiger partial charge in [0, 0.05) is 43.8 Å². The first-order chi connectivity index (χ1) is 20.6. The Kier molecular flexibility index (Phi) is 20.9. The van der Waals surface area contributed by atoms with Crippen molar-refractivity contribution in [3.63, 3.8) is 0 Å². The molecule has 0 aliphatic carbocycles. The third kappa shape index (κ3) is 14.5. The van der Waals surface area contributed by atoms with Crippen molar-refractivity contribution >= 4 is 63.1 Å². The molecule has 6 heteroatoms. The van der Waals surface area contributed by atoms with Gasteiger partial charge in [0.25, 0.3) is 0 Å². The Hall–Kier alpha value is -1.86. The molecule has 4 nitrogen and oxygen atoms in total. The van der Waals surface area contributed by atoms with E-state index in [0.717, 1.165) is 38.1 Å². The van der Waals surface area contributed by atoms with E-state index in [2.05, 4.69) is 56.8 Å². The number of allylic oxidation sites excluding steroid dienone is 2. The molecule has 0 heterocycles. The first kappa shape index (κ1) is 42.1. The molecule has 0 aliphatic heterocycles. The molecule has 0 aliphatic rings. The number of benzene rings is 2. The fourth-order valence-corrected chi connectivity index (χ4v) is 20.0. The van der Waals surface area contributed by atoms with Gasteiger partial charge in [-0.15, -0.1) is 0 Å². The number of carbonyl (C=O) groups is 2. The molecule has 0 spiro atoms. The van der Waals surface area contributed by atoms with Crippen molar-refractivity contribution in [3.8, 4) is 0 Å². The van der Waals surface area contributed by atoms with E-state index in [1.165, 1.54) is 38.5 Å². The minimum atomic E-state index is -1.94. The molecule has 2 aromatic rings. The molecule has 0 saturated carbocycles. The van der Waals surface area contributed by atoms with Gasteiger partial charge >= 0.3 is 108 Å². The zero-order valence-corrected chi connectivity index (χ0v) is 34.3. The van der Waals surface area contributed by atoms with Crippen molar-refractivity contribution < 1.29 is 9.59 Å². The molecule has 44 heavy (non-hydrogen) atoms. The quantitative estimate of drug-likeness (QED) is 0.190. The van der Waals surface area contributed by atoms with Crippen LogP contribution in [0.15, 0.2) is 57.6 Å². The monoisotopic (exact) mass is 776 g/mol. The van der Waals surface area contributed by atoms with Gasteiger partial charge in [-0.1, -0.05) is 34.1 Å². The summed E-state index contributed by atoms with van der Waals surface area (Å²) in [7, 11) is 3.54. The first-order valence-corrected chi connectivity index (χ1v) is 24.5. The Bertz CT molecular complexity index is 1200. The Morgan fingerprint density at radius 2 is 1.09 bits per heavy atom. The van der Waals surface area contributed by atoms with Crippen LogP contribution in [0.25, 0.3) is 5.57 Å². The number of halogens is 1. The van der Waals surface area contributed by atoms with Crippen LogP contribution >= 0.6 is 15.9 Å². The molecule has 0 N–H and O–H groups in total. The second-order valence-electron chi connectivity index (χ2n) is 12.2. The minimum absolute atomic E-state index is 0.0393. The second-order valence-corrected chi connectivity index (χ2v) is 27.1. The number of unbranched alkanes of at least 4 members (excludes halogenated alkanes) is 3. The van der Waals surface area contributed by atoms with Crippen molar-refractivity contribution in [3.05, 3.63) is 74.3 Å². The Balaban J connectivity index is 0.000000633. The summed E-state index contributed by atoms with van der Waals surface area (Å²) in [6.45, 7) is 26.7. The van der Waals surface area contributed by atoms with Gasteiger partial charge in [-0.25, -0.2) is 0 Å². The molecule has 0 saturated heterocycles. The van der Waals surface area contributed by atoms with Crippen LogP contribution < -0.4 is 9.80 Å². The van der Waals surface area contributed by atoms with Crippen LogP contribution in [0.1, 0.15) is 104 Å². The first-order valence-electron chi connectivity index (χ1n) is 16.3. The van der Waals surface area contributed by atoms with Crippen LogP contribution in [0.3, 0.4) is 0 Å². The normalized spacial score (nSPS) is 10.5. The van der Waals surface area contributed by atoms with Gasteiger partial charge in [0.2, 0.25) is 11.8 Å². The fourth-order valence-electron chi connectivity index (χ4n) is 5.10. The molecule has 0 fully saturated rings. The largest absolute Gasteiger partial charge is 0.316 e. The van der Waals surface area contributed by atoms with E-state index >= 15 is 0 Å². The van der Waals surface area contributed by atoms with Crippen molar-refractivity contribution in [2.24, 2.45) is 0 Å². The average molecular weight is 777 g/mol. The summed E-state index contributed by atoms with van der Waals surface area (Å²) in [4.78, 5) is 25.5. The van der Waals surface area contributed by atoms with Crippen LogP contribution in [0, 0.1) is 13.8 Å². The second kappa shape index (κ2) is 21.8. The summed E-state index contributed by atoms with van der Waals surface area (Å²) in [5.74, 6) is 0.0826. The SMILES string of the molecule is C=C(C)c1ccc(N(C)C(C)=O)cc1C.C=[C](C)[Sn]([CH2]CCC)([CH2]CCC)[CH2]CCC.CC(=O)N(C)c1ccc(Br)c(C)c1. The number of hydrogen-bond donors (Lipinski definition) is 0. The standard InChI is InChI=1S/C13H17NO.C10H12BrNO.3C4H9.C3H5.Sn/c1-9(2)13-7-6-12(8-10(13)3)14(5)11(4)15;1-7-6-9(4-5-10(7)11)12(3)8(2)13;3*1-3-4-2;1-3-2;/h6-8H,1H2,2-5H3;4-6H,1-3H3;3*1,3-4H2,2H3;1H2,2H3;. The van der Waals surface area contributed by atoms with E-state index in [1.54, 1.807) is 54.6 Å². The van der Waals surface area contributed by atoms with E-state index in [9.17, 15) is 9.59 Å². The van der Waals surface area contributed by atoms with Gasteiger partial charge in [0.15, 0.2) is 0 Å². The summed E-state index contributed by atoms with van der Waals surface area (Å²) in [6, 6.07) is 11.8. The summed E-state index contributed by atoms with van der Waals surface area (Å²) in [5, 5.41) is 0. The van der Waals surface area contributed by atoms with Crippen LogP contribution in [0.2, 0.25) is 13.3 Å². The van der Waals surface area contributed by atoms with Crippen LogP contribution in [0.5, 0.6) is 0 Å². The third-order valence-corrected chi connectivity index (χ3v) is 25.7. The molecule has 2 rings (SSSR count). The van der Waals surface area contributed by atoms with Gasteiger partial charge in [-0.2, -0.15) is 0 Å². The summed E-state index contributed by atoms with van der Waals surface area (Å²) in [6.07, 6.45) is 8.46. The van der Waals surface area contributed by atoms with Crippen LogP contribution in [0.4, 0.5) is 11.4 Å². The number of nitrogens with zero attached hydrogens (tertiary/aromatic N) is 2. The summed E-state index contributed by atoms with van der Waals surface area (Å²) >= 11 is 1.47. The molecule has 0 unspecified atom stereocenters. The Labute approximate surface area is 283 Å². The molecule has 2 aromatic carbocycles. The van der Waals surface area contributed by atoms with Crippen molar-refractivity contribution in [2.75, 3.05) is 23.9 Å². The van der Waals surface area contributed by atoms with Crippen LogP contribution in [-0.4, -0.2) is 44.3 Å². The Morgan fingerprint density at radius 1 is 0.705 bits per heavy atom. The number of carbonyl (C=O) groups excluding carboxylic acids is 2. The summed E-state index contributed by atoms with van der Waals surface area (Å²) < 4.78 is 7.42. The molecule has 0 radical (unpaired) electrons.